The number of benzene rings is 1. The minimum absolute atomic E-state index is 0.0838. The van der Waals surface area contributed by atoms with Gasteiger partial charge in [-0.3, -0.25) is 0 Å². The zero-order valence-corrected chi connectivity index (χ0v) is 12.3. The van der Waals surface area contributed by atoms with Crippen molar-refractivity contribution in [1.82, 2.24) is 4.98 Å². The highest BCUT2D eigenvalue weighted by Crippen LogP contribution is 2.32. The van der Waals surface area contributed by atoms with Crippen LogP contribution in [-0.2, 0) is 0 Å². The van der Waals surface area contributed by atoms with Crippen molar-refractivity contribution in [3.63, 3.8) is 0 Å². The van der Waals surface area contributed by atoms with Gasteiger partial charge in [-0.2, -0.15) is 0 Å². The molecule has 1 aromatic carbocycles. The molecule has 0 saturated carbocycles. The van der Waals surface area contributed by atoms with E-state index in [0.29, 0.717) is 0 Å². The van der Waals surface area contributed by atoms with E-state index in [9.17, 15) is 18.0 Å². The predicted molar refractivity (Wildman–Crippen MR) is 73.5 cm³/mol. The van der Waals surface area contributed by atoms with Crippen molar-refractivity contribution in [2.45, 2.75) is 0 Å². The molecular formula is C12H5BrClF3N2O2. The summed E-state index contributed by atoms with van der Waals surface area (Å²) < 4.78 is 40.4. The molecule has 1 aromatic heterocycles. The Kier molecular flexibility index (Phi) is 4.38. The van der Waals surface area contributed by atoms with E-state index in [2.05, 4.69) is 26.2 Å². The van der Waals surface area contributed by atoms with Crippen LogP contribution in [0.2, 0.25) is 5.02 Å². The molecule has 1 heterocycles. The molecule has 4 nitrogen and oxygen atoms in total. The third kappa shape index (κ3) is 3.11. The first-order valence-electron chi connectivity index (χ1n) is 5.30. The van der Waals surface area contributed by atoms with Crippen LogP contribution in [0.5, 0.6) is 0 Å². The molecule has 9 heteroatoms. The molecular weight excluding hydrogens is 376 g/mol. The van der Waals surface area contributed by atoms with Gasteiger partial charge < -0.3 is 10.4 Å². The van der Waals surface area contributed by atoms with Gasteiger partial charge in [0.15, 0.2) is 11.6 Å². The summed E-state index contributed by atoms with van der Waals surface area (Å²) in [5.41, 5.74) is -1.25. The van der Waals surface area contributed by atoms with Crippen LogP contribution in [0.4, 0.5) is 24.7 Å². The van der Waals surface area contributed by atoms with Crippen LogP contribution in [0, 0.1) is 17.5 Å². The Bertz CT molecular complexity index is 743. The van der Waals surface area contributed by atoms with Crippen molar-refractivity contribution in [3.8, 4) is 0 Å². The lowest BCUT2D eigenvalue weighted by atomic mass is 10.1. The monoisotopic (exact) mass is 380 g/mol. The predicted octanol–water partition coefficient (Wildman–Crippen LogP) is 4.36. The second kappa shape index (κ2) is 5.90. The zero-order chi connectivity index (χ0) is 15.7. The molecule has 0 aliphatic rings. The van der Waals surface area contributed by atoms with Crippen molar-refractivity contribution in [1.29, 1.82) is 0 Å². The molecule has 21 heavy (non-hydrogen) atoms. The molecule has 110 valence electrons. The minimum atomic E-state index is -1.52. The molecule has 0 fully saturated rings. The Labute approximate surface area is 129 Å². The van der Waals surface area contributed by atoms with Crippen LogP contribution in [0.3, 0.4) is 0 Å². The van der Waals surface area contributed by atoms with E-state index in [0.717, 1.165) is 18.3 Å². The van der Waals surface area contributed by atoms with Crippen LogP contribution in [0.1, 0.15) is 10.4 Å². The Hall–Kier alpha value is -1.80. The summed E-state index contributed by atoms with van der Waals surface area (Å²) in [5.74, 6) is -5.13. The highest BCUT2D eigenvalue weighted by atomic mass is 79.9. The van der Waals surface area contributed by atoms with Gasteiger partial charge in [-0.05, 0) is 28.1 Å². The summed E-state index contributed by atoms with van der Waals surface area (Å²) in [6.07, 6.45) is 0.831. The highest BCUT2D eigenvalue weighted by Gasteiger charge is 2.22. The van der Waals surface area contributed by atoms with Crippen molar-refractivity contribution >= 4 is 45.0 Å². The molecule has 0 spiro atoms. The maximum atomic E-state index is 13.9. The Morgan fingerprint density at radius 2 is 1.95 bits per heavy atom. The van der Waals surface area contributed by atoms with Gasteiger partial charge in [0.25, 0.3) is 0 Å². The first kappa shape index (κ1) is 15.6. The third-order valence-corrected chi connectivity index (χ3v) is 3.32. The average molecular weight is 382 g/mol. The van der Waals surface area contributed by atoms with Crippen molar-refractivity contribution in [3.05, 3.63) is 50.8 Å². The summed E-state index contributed by atoms with van der Waals surface area (Å²) in [6.45, 7) is 0. The van der Waals surface area contributed by atoms with Crippen LogP contribution in [-0.4, -0.2) is 16.1 Å². The number of hydrogen-bond donors (Lipinski definition) is 2. The molecule has 0 amide bonds. The van der Waals surface area contributed by atoms with Gasteiger partial charge in [-0.1, -0.05) is 11.6 Å². The number of aromatic carboxylic acids is 1. The number of aromatic nitrogens is 1. The lowest BCUT2D eigenvalue weighted by molar-refractivity contribution is 0.0697. The number of carbonyl (C=O) groups is 1. The van der Waals surface area contributed by atoms with E-state index in [1.807, 2.05) is 0 Å². The van der Waals surface area contributed by atoms with E-state index in [4.69, 9.17) is 16.7 Å². The van der Waals surface area contributed by atoms with Gasteiger partial charge in [0, 0.05) is 0 Å². The maximum Gasteiger partial charge on any atom is 0.337 e. The third-order valence-electron chi connectivity index (χ3n) is 2.44. The van der Waals surface area contributed by atoms with Crippen LogP contribution in [0.15, 0.2) is 22.8 Å². The molecule has 0 radical (unpaired) electrons. The van der Waals surface area contributed by atoms with E-state index in [-0.39, 0.29) is 10.3 Å². The summed E-state index contributed by atoms with van der Waals surface area (Å²) >= 11 is 8.38. The topological polar surface area (TPSA) is 62.2 Å². The zero-order valence-electron chi connectivity index (χ0n) is 9.92. The van der Waals surface area contributed by atoms with Crippen LogP contribution >= 0.6 is 27.5 Å². The molecule has 0 bridgehead atoms. The Morgan fingerprint density at radius 1 is 1.29 bits per heavy atom. The number of nitrogens with one attached hydrogen (secondary N) is 1. The number of nitrogens with zero attached hydrogens (tertiary/aromatic N) is 1. The molecule has 0 unspecified atom stereocenters. The Balaban J connectivity index is 2.57. The van der Waals surface area contributed by atoms with E-state index >= 15 is 0 Å². The smallest absolute Gasteiger partial charge is 0.337 e. The molecule has 2 N–H and O–H groups in total. The highest BCUT2D eigenvalue weighted by molar-refractivity contribution is 9.10. The summed E-state index contributed by atoms with van der Waals surface area (Å²) in [7, 11) is 0. The maximum absolute atomic E-state index is 13.9. The van der Waals surface area contributed by atoms with E-state index in [1.54, 1.807) is 0 Å². The lowest BCUT2D eigenvalue weighted by Crippen LogP contribution is -2.08. The minimum Gasteiger partial charge on any atom is -0.478 e. The average Bonchev–Trinajstić information content (AvgIpc) is 2.41. The molecule has 2 rings (SSSR count). The summed E-state index contributed by atoms with van der Waals surface area (Å²) in [5, 5.41) is 10.7. The number of halogens is 5. The molecule has 0 saturated heterocycles. The van der Waals surface area contributed by atoms with Gasteiger partial charge in [0.2, 0.25) is 0 Å². The fourth-order valence-corrected chi connectivity index (χ4v) is 2.12. The number of carboxylic acid groups (broad SMARTS) is 1. The van der Waals surface area contributed by atoms with Crippen molar-refractivity contribution < 1.29 is 23.1 Å². The van der Waals surface area contributed by atoms with Gasteiger partial charge in [0.1, 0.15) is 11.6 Å². The largest absolute Gasteiger partial charge is 0.478 e. The van der Waals surface area contributed by atoms with Gasteiger partial charge in [-0.15, -0.1) is 0 Å². The number of pyridine rings is 1. The molecule has 0 atom stereocenters. The number of rotatable bonds is 3. The van der Waals surface area contributed by atoms with Crippen LogP contribution in [0.25, 0.3) is 0 Å². The normalized spacial score (nSPS) is 10.5. The summed E-state index contributed by atoms with van der Waals surface area (Å²) in [6, 6.07) is 1.79. The van der Waals surface area contributed by atoms with Gasteiger partial charge in [-0.25, -0.2) is 22.9 Å². The molecule has 0 aliphatic carbocycles. The SMILES string of the molecule is O=C(O)c1cc(Cl)c(F)c(F)c1Nc1ncc(F)cc1Br. The fraction of sp³-hybridized carbons (Fsp3) is 0. The van der Waals surface area contributed by atoms with Crippen molar-refractivity contribution in [2.24, 2.45) is 0 Å². The van der Waals surface area contributed by atoms with Gasteiger partial charge >= 0.3 is 5.97 Å². The number of hydrogen-bond acceptors (Lipinski definition) is 3. The second-order valence-electron chi connectivity index (χ2n) is 3.82. The lowest BCUT2D eigenvalue weighted by Gasteiger charge is -2.12. The van der Waals surface area contributed by atoms with E-state index < -0.39 is 39.7 Å². The fourth-order valence-electron chi connectivity index (χ4n) is 1.51. The molecule has 2 aromatic rings. The van der Waals surface area contributed by atoms with E-state index in [1.165, 1.54) is 0 Å². The van der Waals surface area contributed by atoms with Gasteiger partial charge in [0.05, 0.1) is 26.9 Å². The van der Waals surface area contributed by atoms with Crippen molar-refractivity contribution in [2.75, 3.05) is 5.32 Å². The first-order chi connectivity index (χ1) is 9.81. The molecule has 0 aliphatic heterocycles. The summed E-state index contributed by atoms with van der Waals surface area (Å²) in [4.78, 5) is 14.7. The second-order valence-corrected chi connectivity index (χ2v) is 5.08. The number of carboxylic acids is 1. The number of anilines is 2. The Morgan fingerprint density at radius 3 is 2.52 bits per heavy atom. The van der Waals surface area contributed by atoms with Crippen LogP contribution < -0.4 is 5.32 Å². The standard InChI is InChI=1S/C12H5BrClF3N2O2/c13-6-1-4(15)3-18-11(6)19-10-5(12(20)21)2-7(14)8(16)9(10)17/h1-3H,(H,18,19)(H,20,21). The quantitative estimate of drug-likeness (QED) is 0.776. The first-order valence-corrected chi connectivity index (χ1v) is 6.47.